The molecule has 1 N–H and O–H groups in total. The molecule has 31 heavy (non-hydrogen) atoms. The average molecular weight is 446 g/mol. The van der Waals surface area contributed by atoms with Crippen LogP contribution in [0.25, 0.3) is 0 Å². The van der Waals surface area contributed by atoms with Crippen molar-refractivity contribution in [3.63, 3.8) is 0 Å². The predicted molar refractivity (Wildman–Crippen MR) is 119 cm³/mol. The van der Waals surface area contributed by atoms with Gasteiger partial charge in [0.2, 0.25) is 15.9 Å². The SMILES string of the molecule is CC1CCN(c2ccc(NC(=O)[C@H]3CCCN3S(=O)(=O)c3ccc(F)cc3)cc2)CC1. The quantitative estimate of drug-likeness (QED) is 0.759. The molecule has 0 aromatic heterocycles. The molecule has 0 bridgehead atoms. The summed E-state index contributed by atoms with van der Waals surface area (Å²) in [4.78, 5) is 15.2. The lowest BCUT2D eigenvalue weighted by Gasteiger charge is -2.32. The molecule has 0 unspecified atom stereocenters. The van der Waals surface area contributed by atoms with Crippen LogP contribution in [0.2, 0.25) is 0 Å². The fourth-order valence-electron chi connectivity index (χ4n) is 4.28. The molecular weight excluding hydrogens is 417 g/mol. The Morgan fingerprint density at radius 2 is 1.61 bits per heavy atom. The highest BCUT2D eigenvalue weighted by atomic mass is 32.2. The standard InChI is InChI=1S/C23H28FN3O3S/c1-17-12-15-26(16-13-17)20-8-6-19(7-9-20)25-23(28)22-3-2-14-27(22)31(29,30)21-10-4-18(24)5-11-21/h4-11,17,22H,2-3,12-16H2,1H3,(H,25,28)/t22-/m1/s1. The zero-order valence-electron chi connectivity index (χ0n) is 17.6. The molecule has 2 aromatic rings. The van der Waals surface area contributed by atoms with Gasteiger partial charge in [0.25, 0.3) is 0 Å². The van der Waals surface area contributed by atoms with Crippen LogP contribution in [0.4, 0.5) is 15.8 Å². The van der Waals surface area contributed by atoms with Crippen molar-refractivity contribution in [2.75, 3.05) is 29.9 Å². The third-order valence-electron chi connectivity index (χ3n) is 6.21. The molecule has 0 aliphatic carbocycles. The van der Waals surface area contributed by atoms with E-state index >= 15 is 0 Å². The van der Waals surface area contributed by atoms with Gasteiger partial charge in [-0.05, 0) is 80.1 Å². The first kappa shape index (κ1) is 21.8. The van der Waals surface area contributed by atoms with Crippen LogP contribution in [0, 0.1) is 11.7 Å². The van der Waals surface area contributed by atoms with Crippen LogP contribution < -0.4 is 10.2 Å². The van der Waals surface area contributed by atoms with Crippen molar-refractivity contribution in [2.24, 2.45) is 5.92 Å². The van der Waals surface area contributed by atoms with Crippen molar-refractivity contribution >= 4 is 27.3 Å². The zero-order valence-corrected chi connectivity index (χ0v) is 18.4. The summed E-state index contributed by atoms with van der Waals surface area (Å²) >= 11 is 0. The number of hydrogen-bond donors (Lipinski definition) is 1. The highest BCUT2D eigenvalue weighted by Gasteiger charge is 2.39. The van der Waals surface area contributed by atoms with E-state index in [1.54, 1.807) is 0 Å². The molecule has 4 rings (SSSR count). The highest BCUT2D eigenvalue weighted by Crippen LogP contribution is 2.28. The highest BCUT2D eigenvalue weighted by molar-refractivity contribution is 7.89. The van der Waals surface area contributed by atoms with E-state index in [4.69, 9.17) is 0 Å². The van der Waals surface area contributed by atoms with Gasteiger partial charge in [0.1, 0.15) is 11.9 Å². The molecule has 2 aliphatic heterocycles. The minimum absolute atomic E-state index is 0.00574. The number of piperidine rings is 1. The van der Waals surface area contributed by atoms with Crippen molar-refractivity contribution in [1.82, 2.24) is 4.31 Å². The lowest BCUT2D eigenvalue weighted by Crippen LogP contribution is -2.43. The van der Waals surface area contributed by atoms with E-state index in [1.165, 1.54) is 29.3 Å². The maximum atomic E-state index is 13.2. The van der Waals surface area contributed by atoms with Crippen molar-refractivity contribution in [2.45, 2.75) is 43.5 Å². The molecule has 6 nitrogen and oxygen atoms in total. The third-order valence-corrected chi connectivity index (χ3v) is 8.13. The molecule has 8 heteroatoms. The molecule has 166 valence electrons. The van der Waals surface area contributed by atoms with E-state index in [1.807, 2.05) is 24.3 Å². The summed E-state index contributed by atoms with van der Waals surface area (Å²) in [6.45, 7) is 4.61. The van der Waals surface area contributed by atoms with Crippen LogP contribution in [0.1, 0.15) is 32.6 Å². The minimum atomic E-state index is -3.87. The normalized spacial score (nSPS) is 20.7. The Morgan fingerprint density at radius 3 is 2.26 bits per heavy atom. The number of sulfonamides is 1. The number of carbonyl (C=O) groups excluding carboxylic acids is 1. The lowest BCUT2D eigenvalue weighted by atomic mass is 9.99. The zero-order chi connectivity index (χ0) is 22.0. The van der Waals surface area contributed by atoms with Gasteiger partial charge in [-0.1, -0.05) is 6.92 Å². The number of halogens is 1. The van der Waals surface area contributed by atoms with E-state index < -0.39 is 21.9 Å². The Kier molecular flexibility index (Phi) is 6.29. The number of amides is 1. The molecule has 0 radical (unpaired) electrons. The molecule has 2 aliphatic rings. The number of benzene rings is 2. The van der Waals surface area contributed by atoms with Gasteiger partial charge in [-0.3, -0.25) is 4.79 Å². The summed E-state index contributed by atoms with van der Waals surface area (Å²) in [5.74, 6) is -0.0877. The van der Waals surface area contributed by atoms with Crippen molar-refractivity contribution in [3.05, 3.63) is 54.3 Å². The second-order valence-electron chi connectivity index (χ2n) is 8.43. The van der Waals surface area contributed by atoms with Crippen molar-refractivity contribution < 1.29 is 17.6 Å². The molecule has 1 atom stereocenters. The van der Waals surface area contributed by atoms with Crippen molar-refractivity contribution in [1.29, 1.82) is 0 Å². The van der Waals surface area contributed by atoms with Gasteiger partial charge in [0.05, 0.1) is 4.90 Å². The summed E-state index contributed by atoms with van der Waals surface area (Å²) < 4.78 is 40.4. The third kappa shape index (κ3) is 4.75. The van der Waals surface area contributed by atoms with E-state index in [0.29, 0.717) is 18.5 Å². The molecule has 1 amide bonds. The molecule has 2 saturated heterocycles. The van der Waals surface area contributed by atoms with Gasteiger partial charge in [-0.15, -0.1) is 0 Å². The van der Waals surface area contributed by atoms with Crippen LogP contribution in [0.5, 0.6) is 0 Å². The number of rotatable bonds is 5. The second kappa shape index (κ2) is 8.96. The summed E-state index contributed by atoms with van der Waals surface area (Å²) in [6.07, 6.45) is 3.41. The van der Waals surface area contributed by atoms with E-state index in [-0.39, 0.29) is 17.3 Å². The first-order valence-electron chi connectivity index (χ1n) is 10.8. The molecule has 0 spiro atoms. The first-order valence-corrected chi connectivity index (χ1v) is 12.2. The summed E-state index contributed by atoms with van der Waals surface area (Å²) in [6, 6.07) is 11.6. The van der Waals surface area contributed by atoms with E-state index in [0.717, 1.165) is 36.8 Å². The van der Waals surface area contributed by atoms with E-state index in [2.05, 4.69) is 17.1 Å². The maximum absolute atomic E-state index is 13.2. The number of nitrogens with zero attached hydrogens (tertiary/aromatic N) is 2. The Morgan fingerprint density at radius 1 is 0.968 bits per heavy atom. The molecule has 2 aromatic carbocycles. The number of carbonyl (C=O) groups is 1. The Labute approximate surface area is 183 Å². The minimum Gasteiger partial charge on any atom is -0.372 e. The predicted octanol–water partition coefficient (Wildman–Crippen LogP) is 3.85. The molecule has 0 saturated carbocycles. The van der Waals surface area contributed by atoms with Crippen LogP contribution in [0.3, 0.4) is 0 Å². The topological polar surface area (TPSA) is 69.7 Å². The monoisotopic (exact) mass is 445 g/mol. The van der Waals surface area contributed by atoms with Crippen LogP contribution in [-0.2, 0) is 14.8 Å². The Bertz CT molecular complexity index is 1020. The van der Waals surface area contributed by atoms with Gasteiger partial charge in [-0.2, -0.15) is 4.31 Å². The van der Waals surface area contributed by atoms with Gasteiger partial charge in [-0.25, -0.2) is 12.8 Å². The number of nitrogens with one attached hydrogen (secondary N) is 1. The van der Waals surface area contributed by atoms with Gasteiger partial charge in [0.15, 0.2) is 0 Å². The molecule has 2 fully saturated rings. The smallest absolute Gasteiger partial charge is 0.243 e. The largest absolute Gasteiger partial charge is 0.372 e. The lowest BCUT2D eigenvalue weighted by molar-refractivity contribution is -0.119. The summed E-state index contributed by atoms with van der Waals surface area (Å²) in [5, 5.41) is 2.86. The van der Waals surface area contributed by atoms with Gasteiger partial charge < -0.3 is 10.2 Å². The Balaban J connectivity index is 1.43. The van der Waals surface area contributed by atoms with Gasteiger partial charge >= 0.3 is 0 Å². The molecular formula is C23H28FN3O3S. The number of anilines is 2. The maximum Gasteiger partial charge on any atom is 0.243 e. The van der Waals surface area contributed by atoms with Crippen LogP contribution in [0.15, 0.2) is 53.4 Å². The van der Waals surface area contributed by atoms with Crippen LogP contribution in [-0.4, -0.2) is 44.3 Å². The van der Waals surface area contributed by atoms with Crippen molar-refractivity contribution in [3.8, 4) is 0 Å². The first-order chi connectivity index (χ1) is 14.8. The number of hydrogen-bond acceptors (Lipinski definition) is 4. The second-order valence-corrected chi connectivity index (χ2v) is 10.3. The average Bonchev–Trinajstić information content (AvgIpc) is 3.26. The summed E-state index contributed by atoms with van der Waals surface area (Å²) in [5.41, 5.74) is 1.77. The summed E-state index contributed by atoms with van der Waals surface area (Å²) in [7, 11) is -3.87. The van der Waals surface area contributed by atoms with Gasteiger partial charge in [0, 0.05) is 31.0 Å². The fourth-order valence-corrected chi connectivity index (χ4v) is 5.94. The van der Waals surface area contributed by atoms with Crippen LogP contribution >= 0.6 is 0 Å². The van der Waals surface area contributed by atoms with E-state index in [9.17, 15) is 17.6 Å². The molecule has 2 heterocycles. The fraction of sp³-hybridized carbons (Fsp3) is 0.435. The Hall–Kier alpha value is -2.45.